The normalized spacial score (nSPS) is 12.0. The predicted octanol–water partition coefficient (Wildman–Crippen LogP) is 11.4. The number of carbonyl (C=O) groups is 1. The highest BCUT2D eigenvalue weighted by Crippen LogP contribution is 2.47. The quantitative estimate of drug-likeness (QED) is 0.109. The molecule has 5 aromatic rings. The summed E-state index contributed by atoms with van der Waals surface area (Å²) in [4.78, 5) is 14.3. The number of rotatable bonds is 12. The maximum atomic E-state index is 14.3. The van der Waals surface area contributed by atoms with Crippen LogP contribution in [0.4, 0.5) is 5.69 Å². The van der Waals surface area contributed by atoms with Gasteiger partial charge >= 0.3 is 5.97 Å². The monoisotopic (exact) mass is 637 g/mol. The van der Waals surface area contributed by atoms with Crippen LogP contribution < -0.4 is 14.8 Å². The molecule has 0 aliphatic carbocycles. The Morgan fingerprint density at radius 3 is 1.79 bits per heavy atom. The number of ether oxygens (including phenoxy) is 2. The summed E-state index contributed by atoms with van der Waals surface area (Å²) in [6.45, 7) is 13.0. The van der Waals surface area contributed by atoms with Gasteiger partial charge in [0.25, 0.3) is 0 Å². The predicted molar refractivity (Wildman–Crippen MR) is 201 cm³/mol. The Kier molecular flexibility index (Phi) is 11.2. The highest BCUT2D eigenvalue weighted by molar-refractivity contribution is 5.91. The summed E-state index contributed by atoms with van der Waals surface area (Å²) in [7, 11) is 1.65. The van der Waals surface area contributed by atoms with Crippen LogP contribution >= 0.6 is 0 Å². The molecular formula is C44H47NO3. The Bertz CT molecular complexity index is 1810. The molecule has 0 aliphatic rings. The summed E-state index contributed by atoms with van der Waals surface area (Å²) in [5, 5.41) is 3.54. The summed E-state index contributed by atoms with van der Waals surface area (Å²) in [6, 6.07) is 36.6. The number of hydrogen-bond acceptors (Lipinski definition) is 4. The van der Waals surface area contributed by atoms with Crippen LogP contribution in [0.5, 0.6) is 11.5 Å². The van der Waals surface area contributed by atoms with E-state index in [0.717, 1.165) is 44.6 Å². The van der Waals surface area contributed by atoms with E-state index in [1.807, 2.05) is 66.7 Å². The molecule has 1 atom stereocenters. The Labute approximate surface area is 286 Å². The smallest absolute Gasteiger partial charge is 0.313 e. The van der Waals surface area contributed by atoms with Crippen LogP contribution in [0, 0.1) is 13.8 Å². The van der Waals surface area contributed by atoms with Gasteiger partial charge in [-0.2, -0.15) is 0 Å². The summed E-state index contributed by atoms with van der Waals surface area (Å²) in [6.07, 6.45) is 4.16. The van der Waals surface area contributed by atoms with Gasteiger partial charge in [0.05, 0.1) is 25.3 Å². The summed E-state index contributed by atoms with van der Waals surface area (Å²) in [5.41, 5.74) is 10.5. The van der Waals surface area contributed by atoms with Gasteiger partial charge in [0.15, 0.2) is 0 Å². The average Bonchev–Trinajstić information content (AvgIpc) is 3.08. The summed E-state index contributed by atoms with van der Waals surface area (Å²) >= 11 is 0. The first-order valence-corrected chi connectivity index (χ1v) is 16.8. The van der Waals surface area contributed by atoms with E-state index in [4.69, 9.17) is 9.47 Å². The molecule has 5 rings (SSSR count). The molecule has 0 amide bonds. The van der Waals surface area contributed by atoms with E-state index in [2.05, 4.69) is 101 Å². The molecule has 0 saturated heterocycles. The Morgan fingerprint density at radius 2 is 1.23 bits per heavy atom. The van der Waals surface area contributed by atoms with E-state index in [9.17, 15) is 4.79 Å². The molecule has 0 unspecified atom stereocenters. The van der Waals surface area contributed by atoms with Crippen molar-refractivity contribution in [3.63, 3.8) is 0 Å². The largest absolute Gasteiger partial charge is 0.495 e. The van der Waals surface area contributed by atoms with Crippen molar-refractivity contribution in [1.82, 2.24) is 0 Å². The fraction of sp³-hybridized carbons (Fsp3) is 0.250. The Hall–Kier alpha value is -5.09. The fourth-order valence-corrected chi connectivity index (χ4v) is 6.44. The van der Waals surface area contributed by atoms with Gasteiger partial charge in [-0.15, -0.1) is 0 Å². The zero-order valence-corrected chi connectivity index (χ0v) is 29.2. The van der Waals surface area contributed by atoms with Crippen molar-refractivity contribution in [2.45, 2.75) is 65.8 Å². The maximum absolute atomic E-state index is 14.3. The van der Waals surface area contributed by atoms with Crippen LogP contribution in [0.25, 0.3) is 28.3 Å². The molecule has 0 aromatic heterocycles. The van der Waals surface area contributed by atoms with Gasteiger partial charge in [-0.1, -0.05) is 137 Å². The number of nitrogens with one attached hydrogen (secondary N) is 1. The molecule has 5 aromatic carbocycles. The van der Waals surface area contributed by atoms with Crippen molar-refractivity contribution in [2.75, 3.05) is 12.4 Å². The minimum atomic E-state index is -0.363. The van der Waals surface area contributed by atoms with Gasteiger partial charge in [0.1, 0.15) is 11.5 Å². The van der Waals surface area contributed by atoms with Crippen molar-refractivity contribution in [3.8, 4) is 33.8 Å². The number of para-hydroxylation sites is 2. The van der Waals surface area contributed by atoms with Gasteiger partial charge in [-0.25, -0.2) is 0 Å². The number of methoxy groups -OCH3 is 1. The van der Waals surface area contributed by atoms with Crippen LogP contribution in [0.1, 0.15) is 73.8 Å². The van der Waals surface area contributed by atoms with Gasteiger partial charge < -0.3 is 14.8 Å². The molecule has 0 bridgehead atoms. The second kappa shape index (κ2) is 15.7. The van der Waals surface area contributed by atoms with Crippen LogP contribution in [-0.2, 0) is 4.79 Å². The van der Waals surface area contributed by atoms with Crippen molar-refractivity contribution in [2.24, 2.45) is 0 Å². The maximum Gasteiger partial charge on any atom is 0.313 e. The van der Waals surface area contributed by atoms with E-state index >= 15 is 0 Å². The van der Waals surface area contributed by atoms with Crippen LogP contribution in [0.15, 0.2) is 115 Å². The number of esters is 1. The second-order valence-electron chi connectivity index (χ2n) is 13.0. The molecule has 0 radical (unpaired) electrons. The highest BCUT2D eigenvalue weighted by Gasteiger charge is 2.26. The molecule has 48 heavy (non-hydrogen) atoms. The minimum absolute atomic E-state index is 0.102. The topological polar surface area (TPSA) is 47.6 Å². The van der Waals surface area contributed by atoms with E-state index in [1.165, 1.54) is 11.1 Å². The first-order chi connectivity index (χ1) is 23.2. The number of anilines is 1. The van der Waals surface area contributed by atoms with E-state index < -0.39 is 0 Å². The lowest BCUT2D eigenvalue weighted by atomic mass is 9.84. The molecule has 0 aliphatic heterocycles. The zero-order chi connectivity index (χ0) is 34.2. The Balaban J connectivity index is 1.63. The van der Waals surface area contributed by atoms with Crippen LogP contribution in [0.3, 0.4) is 0 Å². The standard InChI is InChI=1S/C44H47NO3/c1-29(2)35-19-11-13-21-37(35)42-31(5)27-32(6)43(38-22-14-12-20-36(38)30(3)4)44(42)48-41(46)28-34(26-25-33-17-9-8-10-18-33)45-39-23-15-16-24-40(39)47-7/h8-27,29-30,34,45H,28H2,1-7H3/b26-25+/t34-/m1/s1. The van der Waals surface area contributed by atoms with Gasteiger partial charge in [0.2, 0.25) is 0 Å². The van der Waals surface area contributed by atoms with Gasteiger partial charge in [-0.05, 0) is 76.8 Å². The van der Waals surface area contributed by atoms with Crippen LogP contribution in [0.2, 0.25) is 0 Å². The number of carbonyl (C=O) groups excluding carboxylic acids is 1. The molecule has 1 N–H and O–H groups in total. The molecule has 0 fully saturated rings. The first kappa shape index (κ1) is 34.3. The van der Waals surface area contributed by atoms with Gasteiger partial charge in [-0.3, -0.25) is 4.79 Å². The molecule has 0 spiro atoms. The SMILES string of the molecule is COc1ccccc1N[C@H](/C=C/c1ccccc1)CC(=O)Oc1c(-c2ccccc2C(C)C)c(C)cc(C)c1-c1ccccc1C(C)C. The number of aryl methyl sites for hydroxylation is 2. The molecular weight excluding hydrogens is 590 g/mol. The average molecular weight is 638 g/mol. The number of benzene rings is 5. The molecule has 0 heterocycles. The highest BCUT2D eigenvalue weighted by atomic mass is 16.5. The lowest BCUT2D eigenvalue weighted by molar-refractivity contribution is -0.134. The van der Waals surface area contributed by atoms with E-state index in [1.54, 1.807) is 7.11 Å². The molecule has 246 valence electrons. The van der Waals surface area contributed by atoms with Crippen molar-refractivity contribution >= 4 is 17.7 Å². The molecule has 4 heteroatoms. The van der Waals surface area contributed by atoms with Crippen molar-refractivity contribution in [1.29, 1.82) is 0 Å². The third-order valence-corrected chi connectivity index (χ3v) is 8.75. The third-order valence-electron chi connectivity index (χ3n) is 8.75. The van der Waals surface area contributed by atoms with Crippen LogP contribution in [-0.4, -0.2) is 19.1 Å². The fourth-order valence-electron chi connectivity index (χ4n) is 6.44. The third kappa shape index (κ3) is 7.88. The zero-order valence-electron chi connectivity index (χ0n) is 29.2. The van der Waals surface area contributed by atoms with Crippen molar-refractivity contribution in [3.05, 3.63) is 143 Å². The Morgan fingerprint density at radius 1 is 0.708 bits per heavy atom. The van der Waals surface area contributed by atoms with Gasteiger partial charge in [0, 0.05) is 11.1 Å². The van der Waals surface area contributed by atoms with Crippen molar-refractivity contribution < 1.29 is 14.3 Å². The second-order valence-corrected chi connectivity index (χ2v) is 13.0. The summed E-state index contributed by atoms with van der Waals surface area (Å²) in [5.74, 6) is 1.57. The van der Waals surface area contributed by atoms with E-state index in [0.29, 0.717) is 11.5 Å². The first-order valence-electron chi connectivity index (χ1n) is 16.8. The lowest BCUT2D eigenvalue weighted by Crippen LogP contribution is -2.24. The van der Waals surface area contributed by atoms with E-state index in [-0.39, 0.29) is 30.3 Å². The lowest BCUT2D eigenvalue weighted by Gasteiger charge is -2.25. The summed E-state index contributed by atoms with van der Waals surface area (Å²) < 4.78 is 12.3. The molecule has 0 saturated carbocycles. The number of hydrogen-bond donors (Lipinski definition) is 1. The minimum Gasteiger partial charge on any atom is -0.495 e. The molecule has 4 nitrogen and oxygen atoms in total.